The Hall–Kier alpha value is -2.24. The number of aliphatic hydroxyl groups is 1. The Morgan fingerprint density at radius 1 is 1.11 bits per heavy atom. The smallest absolute Gasteiger partial charge is 0.119 e. The molecule has 0 amide bonds. The molecule has 3 atom stereocenters. The van der Waals surface area contributed by atoms with Gasteiger partial charge in [0, 0.05) is 37.0 Å². The molecule has 0 radical (unpaired) electrons. The molecule has 1 fully saturated rings. The molecule has 5 nitrogen and oxygen atoms in total. The minimum atomic E-state index is -0.889. The average molecular weight is 364 g/mol. The van der Waals surface area contributed by atoms with Crippen LogP contribution in [0, 0.1) is 11.8 Å². The van der Waals surface area contributed by atoms with Crippen molar-refractivity contribution in [3.63, 3.8) is 0 Å². The quantitative estimate of drug-likeness (QED) is 0.724. The number of H-pyrrole nitrogens is 1. The Bertz CT molecular complexity index is 893. The summed E-state index contributed by atoms with van der Waals surface area (Å²) in [5.74, 6) is 0.270. The Labute approximate surface area is 160 Å². The maximum Gasteiger partial charge on any atom is 0.119 e. The molecule has 5 heteroatoms. The summed E-state index contributed by atoms with van der Waals surface area (Å²) in [6.07, 6.45) is 2.04. The van der Waals surface area contributed by atoms with Crippen molar-refractivity contribution < 1.29 is 5.11 Å². The molecule has 1 aliphatic rings. The van der Waals surface area contributed by atoms with Gasteiger partial charge in [0.15, 0.2) is 0 Å². The SMILES string of the molecule is CCCC1CN(Cc2ccccc2)CC(C)C1(O)c1cccc2n[nH]nc12. The first kappa shape index (κ1) is 18.1. The van der Waals surface area contributed by atoms with Crippen LogP contribution in [0.2, 0.25) is 0 Å². The summed E-state index contributed by atoms with van der Waals surface area (Å²) in [6.45, 7) is 7.03. The number of hydrogen-bond donors (Lipinski definition) is 2. The average Bonchev–Trinajstić information content (AvgIpc) is 3.15. The Balaban J connectivity index is 1.67. The molecule has 3 unspecified atom stereocenters. The molecule has 0 spiro atoms. The van der Waals surface area contributed by atoms with Crippen molar-refractivity contribution in [3.8, 4) is 0 Å². The maximum absolute atomic E-state index is 12.0. The minimum absolute atomic E-state index is 0.105. The molecule has 2 N–H and O–H groups in total. The van der Waals surface area contributed by atoms with E-state index in [1.54, 1.807) is 0 Å². The summed E-state index contributed by atoms with van der Waals surface area (Å²) in [4.78, 5) is 2.48. The van der Waals surface area contributed by atoms with Crippen molar-refractivity contribution in [2.75, 3.05) is 13.1 Å². The largest absolute Gasteiger partial charge is 0.384 e. The number of piperidine rings is 1. The van der Waals surface area contributed by atoms with E-state index in [4.69, 9.17) is 0 Å². The van der Waals surface area contributed by atoms with E-state index in [1.165, 1.54) is 5.56 Å². The third-order valence-electron chi connectivity index (χ3n) is 6.05. The fraction of sp³-hybridized carbons (Fsp3) is 0.455. The molecule has 1 saturated heterocycles. The van der Waals surface area contributed by atoms with Gasteiger partial charge in [-0.15, -0.1) is 0 Å². The standard InChI is InChI=1S/C22H28N4O/c1-3-8-18-15-26(14-17-9-5-4-6-10-17)13-16(2)22(18,27)19-11-7-12-20-21(19)24-25-23-20/h4-7,9-12,16,18,27H,3,8,13-15H2,1-2H3,(H,23,24,25). The summed E-state index contributed by atoms with van der Waals surface area (Å²) in [5, 5.41) is 23.3. The van der Waals surface area contributed by atoms with Crippen LogP contribution < -0.4 is 0 Å². The highest BCUT2D eigenvalue weighted by molar-refractivity contribution is 5.78. The molecular weight excluding hydrogens is 336 g/mol. The van der Waals surface area contributed by atoms with Crippen molar-refractivity contribution in [1.82, 2.24) is 20.3 Å². The number of para-hydroxylation sites is 1. The number of nitrogens with zero attached hydrogens (tertiary/aromatic N) is 3. The number of hydrogen-bond acceptors (Lipinski definition) is 4. The Morgan fingerprint density at radius 2 is 1.93 bits per heavy atom. The van der Waals surface area contributed by atoms with Crippen molar-refractivity contribution in [2.24, 2.45) is 11.8 Å². The molecule has 0 bridgehead atoms. The lowest BCUT2D eigenvalue weighted by Crippen LogP contribution is -2.55. The van der Waals surface area contributed by atoms with E-state index in [9.17, 15) is 5.11 Å². The van der Waals surface area contributed by atoms with Gasteiger partial charge in [-0.2, -0.15) is 15.4 Å². The van der Waals surface area contributed by atoms with Crippen molar-refractivity contribution >= 4 is 11.0 Å². The molecule has 0 saturated carbocycles. The van der Waals surface area contributed by atoms with Crippen LogP contribution in [0.15, 0.2) is 48.5 Å². The third-order valence-corrected chi connectivity index (χ3v) is 6.05. The van der Waals surface area contributed by atoms with Gasteiger partial charge >= 0.3 is 0 Å². The lowest BCUT2D eigenvalue weighted by Gasteiger charge is -2.49. The highest BCUT2D eigenvalue weighted by Crippen LogP contribution is 2.45. The van der Waals surface area contributed by atoms with E-state index < -0.39 is 5.60 Å². The molecule has 3 aromatic rings. The van der Waals surface area contributed by atoms with Crippen molar-refractivity contribution in [3.05, 3.63) is 59.7 Å². The van der Waals surface area contributed by atoms with Gasteiger partial charge in [0.25, 0.3) is 0 Å². The van der Waals surface area contributed by atoms with Gasteiger partial charge in [-0.25, -0.2) is 0 Å². The van der Waals surface area contributed by atoms with Gasteiger partial charge < -0.3 is 5.11 Å². The minimum Gasteiger partial charge on any atom is -0.384 e. The molecular formula is C22H28N4O. The van der Waals surface area contributed by atoms with E-state index in [-0.39, 0.29) is 11.8 Å². The summed E-state index contributed by atoms with van der Waals surface area (Å²) >= 11 is 0. The first-order chi connectivity index (χ1) is 13.1. The number of rotatable bonds is 5. The van der Waals surface area contributed by atoms with E-state index in [1.807, 2.05) is 18.2 Å². The summed E-state index contributed by atoms with van der Waals surface area (Å²) in [7, 11) is 0. The van der Waals surface area contributed by atoms with Gasteiger partial charge in [-0.3, -0.25) is 4.90 Å². The van der Waals surface area contributed by atoms with Crippen LogP contribution in [-0.4, -0.2) is 38.5 Å². The van der Waals surface area contributed by atoms with Gasteiger partial charge in [0.05, 0.1) is 5.60 Å². The number of aromatic nitrogens is 3. The second-order valence-electron chi connectivity index (χ2n) is 7.89. The van der Waals surface area contributed by atoms with E-state index in [0.717, 1.165) is 49.1 Å². The van der Waals surface area contributed by atoms with Gasteiger partial charge in [0.1, 0.15) is 11.0 Å². The fourth-order valence-electron chi connectivity index (χ4n) is 4.76. The summed E-state index contributed by atoms with van der Waals surface area (Å²) < 4.78 is 0. The molecule has 27 heavy (non-hydrogen) atoms. The van der Waals surface area contributed by atoms with Crippen LogP contribution in [0.3, 0.4) is 0 Å². The van der Waals surface area contributed by atoms with E-state index >= 15 is 0 Å². The Kier molecular flexibility index (Phi) is 4.98. The van der Waals surface area contributed by atoms with Crippen molar-refractivity contribution in [2.45, 2.75) is 38.8 Å². The van der Waals surface area contributed by atoms with Crippen LogP contribution >= 0.6 is 0 Å². The maximum atomic E-state index is 12.0. The van der Waals surface area contributed by atoms with E-state index in [2.05, 4.69) is 64.5 Å². The van der Waals surface area contributed by atoms with Crippen LogP contribution in [-0.2, 0) is 12.1 Å². The second-order valence-corrected chi connectivity index (χ2v) is 7.89. The summed E-state index contributed by atoms with van der Waals surface area (Å²) in [6, 6.07) is 16.5. The van der Waals surface area contributed by atoms with Crippen LogP contribution in [0.1, 0.15) is 37.8 Å². The highest BCUT2D eigenvalue weighted by Gasteiger charge is 2.48. The molecule has 2 heterocycles. The number of aromatic amines is 1. The monoisotopic (exact) mass is 364 g/mol. The third kappa shape index (κ3) is 3.26. The fourth-order valence-corrected chi connectivity index (χ4v) is 4.76. The zero-order valence-electron chi connectivity index (χ0n) is 16.1. The van der Waals surface area contributed by atoms with Gasteiger partial charge in [0.2, 0.25) is 0 Å². The van der Waals surface area contributed by atoms with Crippen LogP contribution in [0.5, 0.6) is 0 Å². The highest BCUT2D eigenvalue weighted by atomic mass is 16.3. The summed E-state index contributed by atoms with van der Waals surface area (Å²) in [5.41, 5.74) is 2.96. The molecule has 4 rings (SSSR count). The molecule has 1 aromatic heterocycles. The normalized spacial score (nSPS) is 26.5. The van der Waals surface area contributed by atoms with E-state index in [0.29, 0.717) is 0 Å². The van der Waals surface area contributed by atoms with Crippen LogP contribution in [0.25, 0.3) is 11.0 Å². The first-order valence-corrected chi connectivity index (χ1v) is 9.91. The van der Waals surface area contributed by atoms with Crippen molar-refractivity contribution in [1.29, 1.82) is 0 Å². The predicted molar refractivity (Wildman–Crippen MR) is 107 cm³/mol. The predicted octanol–water partition coefficient (Wildman–Crippen LogP) is 3.71. The number of likely N-dealkylation sites (tertiary alicyclic amines) is 1. The molecule has 1 aliphatic heterocycles. The number of nitrogens with one attached hydrogen (secondary N) is 1. The molecule has 0 aliphatic carbocycles. The first-order valence-electron chi connectivity index (χ1n) is 9.91. The Morgan fingerprint density at radius 3 is 2.70 bits per heavy atom. The second kappa shape index (κ2) is 7.41. The number of fused-ring (bicyclic) bond motifs is 1. The molecule has 142 valence electrons. The topological polar surface area (TPSA) is 65.0 Å². The molecule has 2 aromatic carbocycles. The zero-order chi connectivity index (χ0) is 18.9. The lowest BCUT2D eigenvalue weighted by atomic mass is 9.68. The lowest BCUT2D eigenvalue weighted by molar-refractivity contribution is -0.122. The number of benzene rings is 2. The zero-order valence-corrected chi connectivity index (χ0v) is 16.1. The van der Waals surface area contributed by atoms with Gasteiger partial charge in [-0.1, -0.05) is 62.7 Å². The van der Waals surface area contributed by atoms with Crippen LogP contribution in [0.4, 0.5) is 0 Å². The van der Waals surface area contributed by atoms with Gasteiger partial charge in [-0.05, 0) is 18.1 Å².